The first-order chi connectivity index (χ1) is 15.0. The molecule has 2 heterocycles. The van der Waals surface area contributed by atoms with Crippen LogP contribution in [0.2, 0.25) is 0 Å². The third-order valence-corrected chi connectivity index (χ3v) is 6.68. The predicted octanol–water partition coefficient (Wildman–Crippen LogP) is 1.00. The number of nitrogens with zero attached hydrogens (tertiary/aromatic N) is 4. The van der Waals surface area contributed by atoms with Gasteiger partial charge in [-0.15, -0.1) is 0 Å². The number of hydrogen-bond acceptors (Lipinski definition) is 7. The SMILES string of the molecule is C[C@@H]1CN([C@@H](C)CO)C(=O)c2cc(NS(=O)(=O)c3cn(C)cn3)ccc2O[C@H]1CN(C)C. The zero-order valence-electron chi connectivity index (χ0n) is 19.0. The maximum absolute atomic E-state index is 13.4. The third-order valence-electron chi connectivity index (χ3n) is 5.42. The van der Waals surface area contributed by atoms with Gasteiger partial charge in [0.2, 0.25) is 0 Å². The molecule has 0 saturated heterocycles. The number of hydrogen-bond donors (Lipinski definition) is 2. The number of aromatic nitrogens is 2. The van der Waals surface area contributed by atoms with Crippen LogP contribution < -0.4 is 9.46 Å². The second kappa shape index (κ2) is 9.47. The second-order valence-corrected chi connectivity index (χ2v) is 10.2. The van der Waals surface area contributed by atoms with E-state index in [1.807, 2.05) is 25.9 Å². The molecule has 1 aromatic heterocycles. The molecule has 1 aliphatic rings. The molecule has 0 spiro atoms. The quantitative estimate of drug-likeness (QED) is 0.627. The van der Waals surface area contributed by atoms with Crippen LogP contribution in [0, 0.1) is 5.92 Å². The number of aliphatic hydroxyl groups is 1. The molecular formula is C21H31N5O5S. The number of aliphatic hydroxyl groups excluding tert-OH is 1. The number of ether oxygens (including phenoxy) is 1. The van der Waals surface area contributed by atoms with E-state index < -0.39 is 16.1 Å². The lowest BCUT2D eigenvalue weighted by Gasteiger charge is -2.37. The van der Waals surface area contributed by atoms with Gasteiger partial charge in [0.15, 0.2) is 5.03 Å². The first kappa shape index (κ1) is 24.0. The molecule has 0 radical (unpaired) electrons. The number of nitrogens with one attached hydrogen (secondary N) is 1. The molecule has 32 heavy (non-hydrogen) atoms. The zero-order chi connectivity index (χ0) is 23.6. The van der Waals surface area contributed by atoms with Gasteiger partial charge in [-0.2, -0.15) is 8.42 Å². The van der Waals surface area contributed by atoms with Crippen LogP contribution in [0.1, 0.15) is 24.2 Å². The molecule has 2 N–H and O–H groups in total. The summed E-state index contributed by atoms with van der Waals surface area (Å²) in [6.07, 6.45) is 2.59. The minimum absolute atomic E-state index is 0.0193. The summed E-state index contributed by atoms with van der Waals surface area (Å²) in [5.74, 6) is 0.0748. The van der Waals surface area contributed by atoms with Gasteiger partial charge in [0, 0.05) is 37.9 Å². The van der Waals surface area contributed by atoms with E-state index in [0.717, 1.165) is 0 Å². The molecule has 0 fully saturated rings. The number of rotatable bonds is 7. The number of carbonyl (C=O) groups excluding carboxylic acids is 1. The summed E-state index contributed by atoms with van der Waals surface area (Å²) in [4.78, 5) is 20.9. The predicted molar refractivity (Wildman–Crippen MR) is 120 cm³/mol. The highest BCUT2D eigenvalue weighted by Crippen LogP contribution is 2.31. The van der Waals surface area contributed by atoms with E-state index in [1.165, 1.54) is 23.2 Å². The van der Waals surface area contributed by atoms with Crippen molar-refractivity contribution in [3.8, 4) is 5.75 Å². The van der Waals surface area contributed by atoms with Gasteiger partial charge >= 0.3 is 0 Å². The number of sulfonamides is 1. The number of imidazole rings is 1. The summed E-state index contributed by atoms with van der Waals surface area (Å²) in [6.45, 7) is 4.66. The van der Waals surface area contributed by atoms with E-state index in [2.05, 4.69) is 9.71 Å². The molecule has 1 aromatic carbocycles. The van der Waals surface area contributed by atoms with Crippen molar-refractivity contribution in [1.29, 1.82) is 0 Å². The molecule has 1 aliphatic heterocycles. The van der Waals surface area contributed by atoms with Gasteiger partial charge in [0.25, 0.3) is 15.9 Å². The maximum Gasteiger partial charge on any atom is 0.280 e. The highest BCUT2D eigenvalue weighted by molar-refractivity contribution is 7.92. The van der Waals surface area contributed by atoms with Crippen molar-refractivity contribution >= 4 is 21.6 Å². The molecule has 2 aromatic rings. The Labute approximate surface area is 188 Å². The largest absolute Gasteiger partial charge is 0.488 e. The minimum Gasteiger partial charge on any atom is -0.488 e. The molecule has 3 rings (SSSR count). The molecule has 0 saturated carbocycles. The number of benzene rings is 1. The molecule has 0 bridgehead atoms. The molecule has 176 valence electrons. The van der Waals surface area contributed by atoms with Crippen LogP contribution in [0.4, 0.5) is 5.69 Å². The molecule has 11 heteroatoms. The Hall–Kier alpha value is -2.63. The van der Waals surface area contributed by atoms with Crippen LogP contribution in [0.25, 0.3) is 0 Å². The fourth-order valence-corrected chi connectivity index (χ4v) is 4.63. The van der Waals surface area contributed by atoms with Crippen LogP contribution in [0.15, 0.2) is 35.7 Å². The Morgan fingerprint density at radius 3 is 2.69 bits per heavy atom. The molecule has 10 nitrogen and oxygen atoms in total. The molecule has 0 aliphatic carbocycles. The Morgan fingerprint density at radius 2 is 2.09 bits per heavy atom. The van der Waals surface area contributed by atoms with E-state index in [4.69, 9.17) is 4.74 Å². The topological polar surface area (TPSA) is 117 Å². The van der Waals surface area contributed by atoms with Crippen molar-refractivity contribution in [2.75, 3.05) is 38.5 Å². The van der Waals surface area contributed by atoms with Gasteiger partial charge in [-0.3, -0.25) is 9.52 Å². The van der Waals surface area contributed by atoms with Crippen molar-refractivity contribution in [3.05, 3.63) is 36.3 Å². The highest BCUT2D eigenvalue weighted by Gasteiger charge is 2.33. The molecule has 3 atom stereocenters. The molecule has 0 unspecified atom stereocenters. The molecular weight excluding hydrogens is 434 g/mol. The van der Waals surface area contributed by atoms with Crippen LogP contribution in [0.5, 0.6) is 5.75 Å². The smallest absolute Gasteiger partial charge is 0.280 e. The Balaban J connectivity index is 2.00. The van der Waals surface area contributed by atoms with Crippen LogP contribution in [-0.4, -0.2) is 84.7 Å². The maximum atomic E-state index is 13.4. The number of likely N-dealkylation sites (N-methyl/N-ethyl adjacent to an activating group) is 1. The third kappa shape index (κ3) is 5.22. The number of anilines is 1. The van der Waals surface area contributed by atoms with Gasteiger partial charge in [0.1, 0.15) is 11.9 Å². The van der Waals surface area contributed by atoms with E-state index in [-0.39, 0.29) is 40.8 Å². The normalized spacial score (nSPS) is 20.3. The summed E-state index contributed by atoms with van der Waals surface area (Å²) in [5, 5.41) is 9.59. The average molecular weight is 466 g/mol. The first-order valence-electron chi connectivity index (χ1n) is 10.4. The lowest BCUT2D eigenvalue weighted by atomic mass is 9.99. The van der Waals surface area contributed by atoms with Gasteiger partial charge in [-0.25, -0.2) is 4.98 Å². The summed E-state index contributed by atoms with van der Waals surface area (Å²) >= 11 is 0. The average Bonchev–Trinajstić information content (AvgIpc) is 3.17. The second-order valence-electron chi connectivity index (χ2n) is 8.58. The van der Waals surface area contributed by atoms with Crippen LogP contribution >= 0.6 is 0 Å². The van der Waals surface area contributed by atoms with E-state index in [1.54, 1.807) is 31.0 Å². The fraction of sp³-hybridized carbons (Fsp3) is 0.524. The molecule has 1 amide bonds. The van der Waals surface area contributed by atoms with Crippen molar-refractivity contribution in [2.45, 2.75) is 31.0 Å². The zero-order valence-corrected chi connectivity index (χ0v) is 19.8. The van der Waals surface area contributed by atoms with Gasteiger partial charge < -0.3 is 24.2 Å². The van der Waals surface area contributed by atoms with Crippen molar-refractivity contribution in [1.82, 2.24) is 19.4 Å². The van der Waals surface area contributed by atoms with Gasteiger partial charge in [-0.1, -0.05) is 6.92 Å². The van der Waals surface area contributed by atoms with Crippen LogP contribution in [0.3, 0.4) is 0 Å². The highest BCUT2D eigenvalue weighted by atomic mass is 32.2. The number of carbonyl (C=O) groups is 1. The Kier molecular flexibility index (Phi) is 7.11. The number of amides is 1. The Bertz CT molecular complexity index is 1070. The lowest BCUT2D eigenvalue weighted by molar-refractivity contribution is 0.0363. The van der Waals surface area contributed by atoms with E-state index in [0.29, 0.717) is 18.8 Å². The summed E-state index contributed by atoms with van der Waals surface area (Å²) in [6, 6.07) is 4.24. The van der Waals surface area contributed by atoms with E-state index in [9.17, 15) is 18.3 Å². The van der Waals surface area contributed by atoms with Gasteiger partial charge in [-0.05, 0) is 39.2 Å². The minimum atomic E-state index is -3.92. The number of aryl methyl sites for hydroxylation is 1. The summed E-state index contributed by atoms with van der Waals surface area (Å²) in [5.41, 5.74) is 0.461. The van der Waals surface area contributed by atoms with Crippen LogP contribution in [-0.2, 0) is 17.1 Å². The van der Waals surface area contributed by atoms with Crippen molar-refractivity contribution < 1.29 is 23.1 Å². The standard InChI is InChI=1S/C21H31N5O5S/c1-14-9-26(15(2)12-27)21(28)17-8-16(6-7-18(17)31-19(14)10-24(3)4)23-32(29,30)20-11-25(5)13-22-20/h6-8,11,13-15,19,23,27H,9-10,12H2,1-5H3/t14-,15+,19+/m1/s1. The lowest BCUT2D eigenvalue weighted by Crippen LogP contribution is -2.49. The monoisotopic (exact) mass is 465 g/mol. The summed E-state index contributed by atoms with van der Waals surface area (Å²) in [7, 11) is 1.66. The number of fused-ring (bicyclic) bond motifs is 1. The fourth-order valence-electron chi connectivity index (χ4n) is 3.60. The Morgan fingerprint density at radius 1 is 1.38 bits per heavy atom. The van der Waals surface area contributed by atoms with Crippen molar-refractivity contribution in [2.24, 2.45) is 13.0 Å². The van der Waals surface area contributed by atoms with E-state index >= 15 is 0 Å². The first-order valence-corrected chi connectivity index (χ1v) is 11.9. The van der Waals surface area contributed by atoms with Gasteiger partial charge in [0.05, 0.1) is 24.5 Å². The summed E-state index contributed by atoms with van der Waals surface area (Å²) < 4.78 is 35.6. The van der Waals surface area contributed by atoms with Crippen molar-refractivity contribution in [3.63, 3.8) is 0 Å².